The van der Waals surface area contributed by atoms with Crippen LogP contribution < -0.4 is 5.32 Å². The molecular weight excluding hydrogens is 310 g/mol. The number of carbonyl (C=O) groups excluding carboxylic acids is 1. The van der Waals surface area contributed by atoms with E-state index in [-0.39, 0.29) is 5.91 Å². The van der Waals surface area contributed by atoms with Gasteiger partial charge in [-0.3, -0.25) is 9.89 Å². The quantitative estimate of drug-likeness (QED) is 0.700. The molecule has 1 amide bonds. The molecule has 1 aromatic heterocycles. The topological polar surface area (TPSA) is 57.8 Å². The van der Waals surface area contributed by atoms with Crippen LogP contribution in [0.25, 0.3) is 0 Å². The normalized spacial score (nSPS) is 10.8. The molecule has 0 unspecified atom stereocenters. The number of rotatable bonds is 6. The molecule has 25 heavy (non-hydrogen) atoms. The highest BCUT2D eigenvalue weighted by atomic mass is 16.1. The molecule has 0 spiro atoms. The van der Waals surface area contributed by atoms with Crippen LogP contribution in [0, 0.1) is 5.92 Å². The highest BCUT2D eigenvalue weighted by Gasteiger charge is 2.13. The molecule has 0 fully saturated rings. The Bertz CT molecular complexity index is 837. The summed E-state index contributed by atoms with van der Waals surface area (Å²) in [5.41, 5.74) is 4.52. The first kappa shape index (κ1) is 17.0. The maximum absolute atomic E-state index is 12.5. The summed E-state index contributed by atoms with van der Waals surface area (Å²) in [5, 5.41) is 10.1. The number of carbonyl (C=O) groups is 1. The van der Waals surface area contributed by atoms with Crippen molar-refractivity contribution in [3.05, 3.63) is 83.2 Å². The second kappa shape index (κ2) is 7.79. The zero-order valence-corrected chi connectivity index (χ0v) is 14.6. The minimum Gasteiger partial charge on any atom is -0.320 e. The Labute approximate surface area is 148 Å². The number of aromatic nitrogens is 2. The van der Waals surface area contributed by atoms with E-state index in [1.54, 1.807) is 0 Å². The van der Waals surface area contributed by atoms with Gasteiger partial charge in [-0.2, -0.15) is 5.10 Å². The number of aromatic amines is 1. The number of nitrogens with zero attached hydrogens (tertiary/aromatic N) is 1. The summed E-state index contributed by atoms with van der Waals surface area (Å²) >= 11 is 0. The molecule has 0 aliphatic carbocycles. The smallest absolute Gasteiger partial charge is 0.276 e. The molecular formula is C21H23N3O. The Hall–Kier alpha value is -2.88. The van der Waals surface area contributed by atoms with E-state index >= 15 is 0 Å². The number of hydrogen-bond acceptors (Lipinski definition) is 2. The van der Waals surface area contributed by atoms with Gasteiger partial charge in [-0.05, 0) is 42.0 Å². The van der Waals surface area contributed by atoms with Gasteiger partial charge in [-0.25, -0.2) is 0 Å². The summed E-state index contributed by atoms with van der Waals surface area (Å²) in [7, 11) is 0. The van der Waals surface area contributed by atoms with Gasteiger partial charge in [-0.1, -0.05) is 62.4 Å². The summed E-state index contributed by atoms with van der Waals surface area (Å²) in [6, 6.07) is 19.9. The number of anilines is 1. The molecule has 0 aliphatic heterocycles. The first-order valence-corrected chi connectivity index (χ1v) is 8.59. The van der Waals surface area contributed by atoms with Crippen LogP contribution in [-0.2, 0) is 12.8 Å². The third kappa shape index (κ3) is 4.57. The summed E-state index contributed by atoms with van der Waals surface area (Å²) in [4.78, 5) is 12.5. The van der Waals surface area contributed by atoms with E-state index < -0.39 is 0 Å². The van der Waals surface area contributed by atoms with Gasteiger partial charge >= 0.3 is 0 Å². The Kier molecular flexibility index (Phi) is 5.29. The SMILES string of the molecule is CC(C)Cc1cc(C(=O)Nc2ccccc2Cc2ccccc2)n[nH]1. The van der Waals surface area contributed by atoms with Crippen molar-refractivity contribution >= 4 is 11.6 Å². The number of H-pyrrole nitrogens is 1. The molecule has 0 radical (unpaired) electrons. The number of benzene rings is 2. The third-order valence-electron chi connectivity index (χ3n) is 3.99. The summed E-state index contributed by atoms with van der Waals surface area (Å²) in [6.07, 6.45) is 1.65. The van der Waals surface area contributed by atoms with Crippen molar-refractivity contribution in [1.82, 2.24) is 10.2 Å². The van der Waals surface area contributed by atoms with Crippen molar-refractivity contribution in [2.75, 3.05) is 5.32 Å². The van der Waals surface area contributed by atoms with Gasteiger partial charge in [0, 0.05) is 11.4 Å². The lowest BCUT2D eigenvalue weighted by molar-refractivity contribution is 0.102. The minimum atomic E-state index is -0.188. The fourth-order valence-corrected chi connectivity index (χ4v) is 2.82. The predicted octanol–water partition coefficient (Wildman–Crippen LogP) is 4.45. The van der Waals surface area contributed by atoms with Gasteiger partial charge in [0.2, 0.25) is 0 Å². The van der Waals surface area contributed by atoms with Gasteiger partial charge in [0.15, 0.2) is 5.69 Å². The number of hydrogen-bond donors (Lipinski definition) is 2. The van der Waals surface area contributed by atoms with Crippen LogP contribution in [0.1, 0.15) is 41.2 Å². The number of para-hydroxylation sites is 1. The summed E-state index contributed by atoms with van der Waals surface area (Å²) in [6.45, 7) is 4.28. The molecule has 0 saturated carbocycles. The average Bonchev–Trinajstić information content (AvgIpc) is 3.05. The fraction of sp³-hybridized carbons (Fsp3) is 0.238. The van der Waals surface area contributed by atoms with Crippen molar-refractivity contribution < 1.29 is 4.79 Å². The zero-order valence-electron chi connectivity index (χ0n) is 14.6. The van der Waals surface area contributed by atoms with E-state index in [1.807, 2.05) is 48.5 Å². The Balaban J connectivity index is 1.74. The maximum Gasteiger partial charge on any atom is 0.276 e. The van der Waals surface area contributed by atoms with Gasteiger partial charge < -0.3 is 5.32 Å². The van der Waals surface area contributed by atoms with Crippen LogP contribution in [0.15, 0.2) is 60.7 Å². The molecule has 0 saturated heterocycles. The monoisotopic (exact) mass is 333 g/mol. The van der Waals surface area contributed by atoms with Gasteiger partial charge in [0.1, 0.15) is 0 Å². The van der Waals surface area contributed by atoms with Crippen LogP contribution in [0.5, 0.6) is 0 Å². The Morgan fingerprint density at radius 2 is 1.80 bits per heavy atom. The van der Waals surface area contributed by atoms with Crippen LogP contribution in [-0.4, -0.2) is 16.1 Å². The van der Waals surface area contributed by atoms with Crippen molar-refractivity contribution in [2.45, 2.75) is 26.7 Å². The molecule has 3 aromatic rings. The van der Waals surface area contributed by atoms with E-state index in [0.29, 0.717) is 11.6 Å². The second-order valence-corrected chi connectivity index (χ2v) is 6.65. The van der Waals surface area contributed by atoms with Crippen molar-refractivity contribution in [3.8, 4) is 0 Å². The first-order chi connectivity index (χ1) is 12.1. The summed E-state index contributed by atoms with van der Waals surface area (Å²) in [5.74, 6) is 0.328. The molecule has 4 heteroatoms. The summed E-state index contributed by atoms with van der Waals surface area (Å²) < 4.78 is 0. The average molecular weight is 333 g/mol. The molecule has 2 N–H and O–H groups in total. The molecule has 128 valence electrons. The Morgan fingerprint density at radius 3 is 2.56 bits per heavy atom. The predicted molar refractivity (Wildman–Crippen MR) is 101 cm³/mol. The van der Waals surface area contributed by atoms with Crippen molar-refractivity contribution in [3.63, 3.8) is 0 Å². The lowest BCUT2D eigenvalue weighted by Crippen LogP contribution is -2.14. The van der Waals surface area contributed by atoms with Gasteiger partial charge in [-0.15, -0.1) is 0 Å². The van der Waals surface area contributed by atoms with Crippen molar-refractivity contribution in [1.29, 1.82) is 0 Å². The van der Waals surface area contributed by atoms with E-state index in [9.17, 15) is 4.79 Å². The van der Waals surface area contributed by atoms with Crippen LogP contribution in [0.4, 0.5) is 5.69 Å². The molecule has 4 nitrogen and oxygen atoms in total. The molecule has 2 aromatic carbocycles. The Morgan fingerprint density at radius 1 is 1.08 bits per heavy atom. The first-order valence-electron chi connectivity index (χ1n) is 8.59. The molecule has 3 rings (SSSR count). The minimum absolute atomic E-state index is 0.188. The lowest BCUT2D eigenvalue weighted by atomic mass is 10.0. The fourth-order valence-electron chi connectivity index (χ4n) is 2.82. The number of nitrogens with one attached hydrogen (secondary N) is 2. The van der Waals surface area contributed by atoms with E-state index in [0.717, 1.165) is 29.8 Å². The highest BCUT2D eigenvalue weighted by Crippen LogP contribution is 2.20. The van der Waals surface area contributed by atoms with Gasteiger partial charge in [0.05, 0.1) is 0 Å². The lowest BCUT2D eigenvalue weighted by Gasteiger charge is -2.10. The number of amides is 1. The molecule has 0 atom stereocenters. The largest absolute Gasteiger partial charge is 0.320 e. The van der Waals surface area contributed by atoms with Gasteiger partial charge in [0.25, 0.3) is 5.91 Å². The van der Waals surface area contributed by atoms with Crippen LogP contribution in [0.2, 0.25) is 0 Å². The van der Waals surface area contributed by atoms with E-state index in [4.69, 9.17) is 0 Å². The highest BCUT2D eigenvalue weighted by molar-refractivity contribution is 6.03. The van der Waals surface area contributed by atoms with Crippen LogP contribution in [0.3, 0.4) is 0 Å². The molecule has 0 aliphatic rings. The second-order valence-electron chi connectivity index (χ2n) is 6.65. The van der Waals surface area contributed by atoms with E-state index in [2.05, 4.69) is 41.5 Å². The standard InChI is InChI=1S/C21H23N3O/c1-15(2)12-18-14-20(24-23-18)21(25)22-19-11-7-6-10-17(19)13-16-8-4-3-5-9-16/h3-11,14-15H,12-13H2,1-2H3,(H,22,25)(H,23,24). The third-order valence-corrected chi connectivity index (χ3v) is 3.99. The molecule has 0 bridgehead atoms. The maximum atomic E-state index is 12.5. The zero-order chi connectivity index (χ0) is 17.6. The van der Waals surface area contributed by atoms with E-state index in [1.165, 1.54) is 5.56 Å². The van der Waals surface area contributed by atoms with Crippen molar-refractivity contribution in [2.24, 2.45) is 5.92 Å². The van der Waals surface area contributed by atoms with Crippen LogP contribution >= 0.6 is 0 Å². The molecule has 1 heterocycles.